The molecule has 7 nitrogen and oxygen atoms in total. The highest BCUT2D eigenvalue weighted by Gasteiger charge is 2.13. The Hall–Kier alpha value is -3.26. The minimum absolute atomic E-state index is 0.0592. The molecule has 0 aliphatic heterocycles. The first-order chi connectivity index (χ1) is 12.3. The number of carbonyl (C=O) groups is 1. The van der Waals surface area contributed by atoms with E-state index in [1.54, 1.807) is 30.5 Å². The molecule has 0 spiro atoms. The van der Waals surface area contributed by atoms with E-state index < -0.39 is 5.97 Å². The SMILES string of the molecule is O=C(OCc1noc(-c2ccsc2)n1)c1ccc(-c2cnco2)cc1. The Morgan fingerprint density at radius 1 is 1.16 bits per heavy atom. The molecule has 0 aliphatic carbocycles. The van der Waals surface area contributed by atoms with Gasteiger partial charge in [-0.2, -0.15) is 16.3 Å². The number of esters is 1. The smallest absolute Gasteiger partial charge is 0.338 e. The molecule has 0 bridgehead atoms. The van der Waals surface area contributed by atoms with Crippen LogP contribution >= 0.6 is 11.3 Å². The lowest BCUT2D eigenvalue weighted by Crippen LogP contribution is -2.06. The van der Waals surface area contributed by atoms with Crippen molar-refractivity contribution >= 4 is 17.3 Å². The van der Waals surface area contributed by atoms with Crippen molar-refractivity contribution in [2.45, 2.75) is 6.61 Å². The lowest BCUT2D eigenvalue weighted by molar-refractivity contribution is 0.0459. The fraction of sp³-hybridized carbons (Fsp3) is 0.0588. The fourth-order valence-electron chi connectivity index (χ4n) is 2.16. The van der Waals surface area contributed by atoms with Gasteiger partial charge in [-0.05, 0) is 23.6 Å². The van der Waals surface area contributed by atoms with Crippen LogP contribution in [-0.4, -0.2) is 21.1 Å². The van der Waals surface area contributed by atoms with Crippen molar-refractivity contribution in [3.8, 4) is 22.8 Å². The van der Waals surface area contributed by atoms with Gasteiger partial charge in [-0.1, -0.05) is 17.3 Å². The number of carbonyl (C=O) groups excluding carboxylic acids is 1. The second kappa shape index (κ2) is 6.70. The van der Waals surface area contributed by atoms with Gasteiger partial charge in [0.25, 0.3) is 5.89 Å². The molecule has 0 saturated heterocycles. The third-order valence-electron chi connectivity index (χ3n) is 3.41. The Morgan fingerprint density at radius 2 is 2.04 bits per heavy atom. The Kier molecular flexibility index (Phi) is 4.09. The normalized spacial score (nSPS) is 10.7. The van der Waals surface area contributed by atoms with Crippen LogP contribution in [0.4, 0.5) is 0 Å². The van der Waals surface area contributed by atoms with E-state index in [9.17, 15) is 4.79 Å². The van der Waals surface area contributed by atoms with Gasteiger partial charge in [0, 0.05) is 10.9 Å². The second-order valence-corrected chi connectivity index (χ2v) is 5.83. The van der Waals surface area contributed by atoms with Gasteiger partial charge in [0.15, 0.2) is 18.8 Å². The predicted octanol–water partition coefficient (Wildman–Crippen LogP) is 3.81. The lowest BCUT2D eigenvalue weighted by atomic mass is 10.1. The number of rotatable bonds is 5. The average Bonchev–Trinajstić information content (AvgIpc) is 3.42. The highest BCUT2D eigenvalue weighted by molar-refractivity contribution is 7.08. The van der Waals surface area contributed by atoms with Crippen molar-refractivity contribution in [2.75, 3.05) is 0 Å². The van der Waals surface area contributed by atoms with Crippen molar-refractivity contribution in [3.63, 3.8) is 0 Å². The van der Waals surface area contributed by atoms with Gasteiger partial charge in [-0.3, -0.25) is 0 Å². The van der Waals surface area contributed by atoms with Crippen LogP contribution in [0.15, 0.2) is 62.6 Å². The summed E-state index contributed by atoms with van der Waals surface area (Å²) in [6.45, 7) is -0.0592. The molecule has 4 rings (SSSR count). The molecule has 3 aromatic heterocycles. The summed E-state index contributed by atoms with van der Waals surface area (Å²) in [6.07, 6.45) is 2.96. The molecule has 0 N–H and O–H groups in total. The maximum absolute atomic E-state index is 12.1. The molecule has 0 radical (unpaired) electrons. The van der Waals surface area contributed by atoms with Crippen LogP contribution < -0.4 is 0 Å². The molecule has 4 aromatic rings. The van der Waals surface area contributed by atoms with Gasteiger partial charge >= 0.3 is 5.97 Å². The van der Waals surface area contributed by atoms with Gasteiger partial charge in [-0.25, -0.2) is 9.78 Å². The molecule has 25 heavy (non-hydrogen) atoms. The molecule has 8 heteroatoms. The summed E-state index contributed by atoms with van der Waals surface area (Å²) in [4.78, 5) is 20.2. The molecule has 124 valence electrons. The number of aromatic nitrogens is 3. The largest absolute Gasteiger partial charge is 0.454 e. The second-order valence-electron chi connectivity index (χ2n) is 5.05. The first-order valence-electron chi connectivity index (χ1n) is 7.31. The molecular formula is C17H11N3O4S. The third kappa shape index (κ3) is 3.33. The molecule has 0 fully saturated rings. The molecule has 3 heterocycles. The molecular weight excluding hydrogens is 342 g/mol. The van der Waals surface area contributed by atoms with Crippen molar-refractivity contribution in [1.82, 2.24) is 15.1 Å². The minimum atomic E-state index is -0.467. The van der Waals surface area contributed by atoms with E-state index in [1.165, 1.54) is 17.7 Å². The number of ether oxygens (including phenoxy) is 1. The van der Waals surface area contributed by atoms with E-state index in [2.05, 4.69) is 15.1 Å². The van der Waals surface area contributed by atoms with Crippen molar-refractivity contribution in [2.24, 2.45) is 0 Å². The zero-order valence-electron chi connectivity index (χ0n) is 12.8. The Bertz CT molecular complexity index is 960. The summed E-state index contributed by atoms with van der Waals surface area (Å²) in [5, 5.41) is 7.63. The highest BCUT2D eigenvalue weighted by atomic mass is 32.1. The number of hydrogen-bond donors (Lipinski definition) is 0. The number of oxazole rings is 1. The minimum Gasteiger partial charge on any atom is -0.454 e. The van der Waals surface area contributed by atoms with Crippen molar-refractivity contribution in [1.29, 1.82) is 0 Å². The summed E-state index contributed by atoms with van der Waals surface area (Å²) in [6, 6.07) is 8.73. The summed E-state index contributed by atoms with van der Waals surface area (Å²) >= 11 is 1.54. The topological polar surface area (TPSA) is 91.2 Å². The van der Waals surface area contributed by atoms with Gasteiger partial charge in [0.2, 0.25) is 5.82 Å². The molecule has 0 aliphatic rings. The van der Waals surface area contributed by atoms with E-state index in [0.29, 0.717) is 23.0 Å². The predicted molar refractivity (Wildman–Crippen MR) is 88.7 cm³/mol. The van der Waals surface area contributed by atoms with E-state index in [1.807, 2.05) is 16.8 Å². The van der Waals surface area contributed by atoms with Crippen LogP contribution in [0.3, 0.4) is 0 Å². The summed E-state index contributed by atoms with van der Waals surface area (Å²) in [5.41, 5.74) is 2.09. The zero-order valence-corrected chi connectivity index (χ0v) is 13.6. The number of thiophene rings is 1. The van der Waals surface area contributed by atoms with Crippen LogP contribution in [0.2, 0.25) is 0 Å². The number of hydrogen-bond acceptors (Lipinski definition) is 8. The maximum atomic E-state index is 12.1. The van der Waals surface area contributed by atoms with Crippen LogP contribution in [0, 0.1) is 0 Å². The quantitative estimate of drug-likeness (QED) is 0.504. The Balaban J connectivity index is 1.39. The van der Waals surface area contributed by atoms with E-state index in [-0.39, 0.29) is 6.61 Å². The third-order valence-corrected chi connectivity index (χ3v) is 4.09. The van der Waals surface area contributed by atoms with Gasteiger partial charge < -0.3 is 13.7 Å². The standard InChI is InChI=1S/C17H11N3O4S/c21-17(12-3-1-11(2-4-12)14-7-18-10-23-14)22-8-15-19-16(24-20-15)13-5-6-25-9-13/h1-7,9-10H,8H2. The highest BCUT2D eigenvalue weighted by Crippen LogP contribution is 2.21. The lowest BCUT2D eigenvalue weighted by Gasteiger charge is -2.02. The first-order valence-corrected chi connectivity index (χ1v) is 8.25. The Morgan fingerprint density at radius 3 is 2.76 bits per heavy atom. The van der Waals surface area contributed by atoms with Crippen molar-refractivity contribution < 1.29 is 18.5 Å². The van der Waals surface area contributed by atoms with E-state index in [4.69, 9.17) is 13.7 Å². The van der Waals surface area contributed by atoms with E-state index in [0.717, 1.165) is 11.1 Å². The number of nitrogens with zero attached hydrogens (tertiary/aromatic N) is 3. The first kappa shape index (κ1) is 15.3. The maximum Gasteiger partial charge on any atom is 0.338 e. The van der Waals surface area contributed by atoms with Gasteiger partial charge in [0.05, 0.1) is 17.3 Å². The molecule has 0 amide bonds. The van der Waals surface area contributed by atoms with Gasteiger partial charge in [0.1, 0.15) is 0 Å². The Labute approximate surface area is 145 Å². The van der Waals surface area contributed by atoms with Crippen LogP contribution in [0.25, 0.3) is 22.8 Å². The van der Waals surface area contributed by atoms with Crippen LogP contribution in [-0.2, 0) is 11.3 Å². The van der Waals surface area contributed by atoms with Gasteiger partial charge in [-0.15, -0.1) is 0 Å². The summed E-state index contributed by atoms with van der Waals surface area (Å²) in [5.74, 6) is 0.884. The molecule has 0 unspecified atom stereocenters. The monoisotopic (exact) mass is 353 g/mol. The molecule has 0 saturated carbocycles. The van der Waals surface area contributed by atoms with Crippen molar-refractivity contribution in [3.05, 3.63) is 65.1 Å². The molecule has 0 atom stereocenters. The zero-order chi connectivity index (χ0) is 17.1. The van der Waals surface area contributed by atoms with E-state index >= 15 is 0 Å². The fourth-order valence-corrected chi connectivity index (χ4v) is 2.79. The van der Waals surface area contributed by atoms with Crippen LogP contribution in [0.1, 0.15) is 16.2 Å². The average molecular weight is 353 g/mol. The molecule has 1 aromatic carbocycles. The summed E-state index contributed by atoms with van der Waals surface area (Å²) in [7, 11) is 0. The number of benzene rings is 1. The van der Waals surface area contributed by atoms with Crippen LogP contribution in [0.5, 0.6) is 0 Å². The summed E-state index contributed by atoms with van der Waals surface area (Å²) < 4.78 is 15.6.